The van der Waals surface area contributed by atoms with Gasteiger partial charge in [-0.05, 0) is 123 Å². The van der Waals surface area contributed by atoms with E-state index in [1.807, 2.05) is 0 Å². The van der Waals surface area contributed by atoms with Gasteiger partial charge in [0.15, 0.2) is 0 Å². The number of hydrogen-bond donors (Lipinski definition) is 1. The average molecular weight is 447 g/mol. The van der Waals surface area contributed by atoms with Gasteiger partial charge >= 0.3 is 0 Å². The zero-order valence-electron chi connectivity index (χ0n) is 21.5. The second kappa shape index (κ2) is 9.03. The quantitative estimate of drug-likeness (QED) is 0.450. The van der Waals surface area contributed by atoms with Crippen LogP contribution in [0.15, 0.2) is 48.1 Å². The molecule has 0 saturated heterocycles. The number of benzene rings is 1. The molecule has 0 heterocycles. The Bertz CT molecular complexity index is 896. The highest BCUT2D eigenvalue weighted by molar-refractivity contribution is 5.63. The van der Waals surface area contributed by atoms with Crippen molar-refractivity contribution in [2.24, 2.45) is 40.4 Å². The standard InChI is InChI=1S/C32H46O/c1-22(24-11-6-5-7-12-24)9-8-10-23(2)28-15-16-29-27-14-13-25-21-26(33)17-19-31(25,3)30(27)18-20-32(28,29)4/h5-7,9,11-13,23,26-30,33H,8,10,14-21H2,1-4H3/b22-9+/t23-,26-,27-,28-,29+,30-,31-,32+/m0/s1. The SMILES string of the molecule is C/C(=C\CC[C@H](C)[C@@H]1CC[C@@H]2[C@@H]3CC=C4C[C@@H](O)CC[C@]4(C)[C@H]3CC[C@@]21C)c1ccccc1. The molecule has 0 aliphatic heterocycles. The summed E-state index contributed by atoms with van der Waals surface area (Å²) in [7, 11) is 0. The molecular formula is C32H46O. The third-order valence-electron chi connectivity index (χ3n) is 11.1. The Morgan fingerprint density at radius 2 is 1.85 bits per heavy atom. The highest BCUT2D eigenvalue weighted by atomic mass is 16.3. The summed E-state index contributed by atoms with van der Waals surface area (Å²) in [6, 6.07) is 10.8. The first-order chi connectivity index (χ1) is 15.8. The van der Waals surface area contributed by atoms with E-state index in [2.05, 4.69) is 70.2 Å². The van der Waals surface area contributed by atoms with Crippen LogP contribution >= 0.6 is 0 Å². The highest BCUT2D eigenvalue weighted by Gasteiger charge is 2.59. The van der Waals surface area contributed by atoms with Crippen molar-refractivity contribution < 1.29 is 5.11 Å². The molecule has 1 nitrogen and oxygen atoms in total. The number of aliphatic hydroxyl groups is 1. The van der Waals surface area contributed by atoms with Crippen LogP contribution in [0, 0.1) is 40.4 Å². The van der Waals surface area contributed by atoms with Crippen LogP contribution in [-0.4, -0.2) is 11.2 Å². The Balaban J connectivity index is 1.26. The Labute approximate surface area is 202 Å². The van der Waals surface area contributed by atoms with Gasteiger partial charge in [0.05, 0.1) is 6.10 Å². The van der Waals surface area contributed by atoms with Crippen molar-refractivity contribution in [3.05, 3.63) is 53.6 Å². The lowest BCUT2D eigenvalue weighted by Gasteiger charge is -2.58. The molecule has 5 rings (SSSR count). The summed E-state index contributed by atoms with van der Waals surface area (Å²) in [5.74, 6) is 4.34. The summed E-state index contributed by atoms with van der Waals surface area (Å²) in [5.41, 5.74) is 5.30. The van der Waals surface area contributed by atoms with Crippen molar-refractivity contribution >= 4 is 5.57 Å². The van der Waals surface area contributed by atoms with Gasteiger partial charge in [-0.25, -0.2) is 0 Å². The van der Waals surface area contributed by atoms with Crippen LogP contribution in [-0.2, 0) is 0 Å². The maximum absolute atomic E-state index is 10.3. The van der Waals surface area contributed by atoms with E-state index >= 15 is 0 Å². The molecule has 0 radical (unpaired) electrons. The molecular weight excluding hydrogens is 400 g/mol. The zero-order valence-corrected chi connectivity index (χ0v) is 21.5. The first-order valence-electron chi connectivity index (χ1n) is 13.9. The van der Waals surface area contributed by atoms with E-state index < -0.39 is 0 Å². The van der Waals surface area contributed by atoms with Crippen molar-refractivity contribution in [2.45, 2.75) is 98.0 Å². The van der Waals surface area contributed by atoms with Crippen LogP contribution in [0.25, 0.3) is 5.57 Å². The monoisotopic (exact) mass is 446 g/mol. The molecule has 3 fully saturated rings. The lowest BCUT2D eigenvalue weighted by Crippen LogP contribution is -2.50. The van der Waals surface area contributed by atoms with Gasteiger partial charge in [0.1, 0.15) is 0 Å². The van der Waals surface area contributed by atoms with Crippen molar-refractivity contribution in [1.29, 1.82) is 0 Å². The summed E-state index contributed by atoms with van der Waals surface area (Å²) in [5, 5.41) is 10.3. The van der Waals surface area contributed by atoms with Crippen molar-refractivity contribution in [2.75, 3.05) is 0 Å². The normalized spacial score (nSPS) is 41.5. The Morgan fingerprint density at radius 3 is 2.64 bits per heavy atom. The predicted molar refractivity (Wildman–Crippen MR) is 140 cm³/mol. The second-order valence-electron chi connectivity index (χ2n) is 12.7. The van der Waals surface area contributed by atoms with E-state index in [9.17, 15) is 5.11 Å². The average Bonchev–Trinajstić information content (AvgIpc) is 3.17. The van der Waals surface area contributed by atoms with Crippen LogP contribution in [0.5, 0.6) is 0 Å². The highest BCUT2D eigenvalue weighted by Crippen LogP contribution is 2.67. The predicted octanol–water partition coefficient (Wildman–Crippen LogP) is 8.45. The topological polar surface area (TPSA) is 20.2 Å². The molecule has 180 valence electrons. The number of rotatable bonds is 5. The molecule has 8 atom stereocenters. The van der Waals surface area contributed by atoms with Crippen LogP contribution in [0.3, 0.4) is 0 Å². The van der Waals surface area contributed by atoms with Crippen LogP contribution in [0.4, 0.5) is 0 Å². The summed E-state index contributed by atoms with van der Waals surface area (Å²) >= 11 is 0. The summed E-state index contributed by atoms with van der Waals surface area (Å²) < 4.78 is 0. The molecule has 1 N–H and O–H groups in total. The lowest BCUT2D eigenvalue weighted by atomic mass is 9.47. The molecule has 1 heteroatoms. The minimum absolute atomic E-state index is 0.0916. The summed E-state index contributed by atoms with van der Waals surface area (Å²) in [6.45, 7) is 10.1. The minimum atomic E-state index is -0.0916. The molecule has 0 bridgehead atoms. The van der Waals surface area contributed by atoms with Gasteiger partial charge in [-0.15, -0.1) is 0 Å². The minimum Gasteiger partial charge on any atom is -0.393 e. The van der Waals surface area contributed by atoms with E-state index in [-0.39, 0.29) is 6.10 Å². The number of allylic oxidation sites excluding steroid dienone is 3. The molecule has 1 aromatic rings. The zero-order chi connectivity index (χ0) is 23.2. The molecule has 4 aliphatic rings. The van der Waals surface area contributed by atoms with Gasteiger partial charge in [0.2, 0.25) is 0 Å². The summed E-state index contributed by atoms with van der Waals surface area (Å²) in [4.78, 5) is 0. The third-order valence-corrected chi connectivity index (χ3v) is 11.1. The number of aliphatic hydroxyl groups excluding tert-OH is 1. The first-order valence-corrected chi connectivity index (χ1v) is 13.9. The van der Waals surface area contributed by atoms with Crippen LogP contribution < -0.4 is 0 Å². The maximum Gasteiger partial charge on any atom is 0.0577 e. The molecule has 0 aromatic heterocycles. The molecule has 0 spiro atoms. The van der Waals surface area contributed by atoms with Gasteiger partial charge in [-0.2, -0.15) is 0 Å². The number of hydrogen-bond acceptors (Lipinski definition) is 1. The van der Waals surface area contributed by atoms with E-state index in [0.717, 1.165) is 42.4 Å². The Hall–Kier alpha value is -1.34. The van der Waals surface area contributed by atoms with Gasteiger partial charge in [-0.1, -0.05) is 68.8 Å². The fraction of sp³-hybridized carbons (Fsp3) is 0.688. The smallest absolute Gasteiger partial charge is 0.0577 e. The number of fused-ring (bicyclic) bond motifs is 5. The van der Waals surface area contributed by atoms with Crippen molar-refractivity contribution in [1.82, 2.24) is 0 Å². The molecule has 1 aromatic carbocycles. The fourth-order valence-electron chi connectivity index (χ4n) is 9.20. The Kier molecular flexibility index (Phi) is 6.40. The summed E-state index contributed by atoms with van der Waals surface area (Å²) in [6.07, 6.45) is 17.7. The van der Waals surface area contributed by atoms with Gasteiger partial charge < -0.3 is 5.11 Å². The lowest BCUT2D eigenvalue weighted by molar-refractivity contribution is -0.0570. The van der Waals surface area contributed by atoms with E-state index in [1.54, 1.807) is 5.57 Å². The first kappa shape index (κ1) is 23.4. The Morgan fingerprint density at radius 1 is 1.06 bits per heavy atom. The largest absolute Gasteiger partial charge is 0.393 e. The van der Waals surface area contributed by atoms with Crippen LogP contribution in [0.2, 0.25) is 0 Å². The van der Waals surface area contributed by atoms with Gasteiger partial charge in [-0.3, -0.25) is 0 Å². The van der Waals surface area contributed by atoms with E-state index in [0.29, 0.717) is 10.8 Å². The van der Waals surface area contributed by atoms with Gasteiger partial charge in [0, 0.05) is 0 Å². The maximum atomic E-state index is 10.3. The second-order valence-corrected chi connectivity index (χ2v) is 12.7. The molecule has 4 aliphatic carbocycles. The van der Waals surface area contributed by atoms with Crippen LogP contribution in [0.1, 0.15) is 97.5 Å². The fourth-order valence-corrected chi connectivity index (χ4v) is 9.20. The van der Waals surface area contributed by atoms with Crippen molar-refractivity contribution in [3.8, 4) is 0 Å². The molecule has 0 amide bonds. The van der Waals surface area contributed by atoms with Gasteiger partial charge in [0.25, 0.3) is 0 Å². The van der Waals surface area contributed by atoms with Crippen molar-refractivity contribution in [3.63, 3.8) is 0 Å². The molecule has 33 heavy (non-hydrogen) atoms. The van der Waals surface area contributed by atoms with E-state index in [4.69, 9.17) is 0 Å². The molecule has 3 saturated carbocycles. The molecule has 0 unspecified atom stereocenters. The third kappa shape index (κ3) is 4.07. The van der Waals surface area contributed by atoms with E-state index in [1.165, 1.54) is 62.5 Å².